The zero-order chi connectivity index (χ0) is 15.6. The molecular weight excluding hydrogens is 282 g/mol. The molecule has 1 amide bonds. The van der Waals surface area contributed by atoms with Crippen molar-refractivity contribution < 1.29 is 23.5 Å². The minimum absolute atomic E-state index is 0.0347. The van der Waals surface area contributed by atoms with E-state index in [9.17, 15) is 18.4 Å². The lowest BCUT2D eigenvalue weighted by molar-refractivity contribution is -0.120. The predicted octanol–water partition coefficient (Wildman–Crippen LogP) is 1.98. The number of carbonyl (C=O) groups is 2. The largest absolute Gasteiger partial charge is 0.478 e. The van der Waals surface area contributed by atoms with Gasteiger partial charge in [-0.1, -0.05) is 6.42 Å². The molecule has 0 spiro atoms. The molecular formula is C14H16F2N2O3. The molecule has 2 unspecified atom stereocenters. The Morgan fingerprint density at radius 2 is 2.00 bits per heavy atom. The normalized spacial score (nSPS) is 21.3. The van der Waals surface area contributed by atoms with E-state index in [-0.39, 0.29) is 17.5 Å². The molecule has 1 aromatic carbocycles. The van der Waals surface area contributed by atoms with E-state index in [4.69, 9.17) is 10.8 Å². The molecule has 0 heterocycles. The van der Waals surface area contributed by atoms with Crippen LogP contribution >= 0.6 is 0 Å². The second kappa shape index (κ2) is 6.17. The third-order valence-electron chi connectivity index (χ3n) is 3.84. The summed E-state index contributed by atoms with van der Waals surface area (Å²) in [7, 11) is 0. The van der Waals surface area contributed by atoms with Crippen molar-refractivity contribution in [3.05, 3.63) is 29.3 Å². The lowest BCUT2D eigenvalue weighted by Gasteiger charge is -2.17. The monoisotopic (exact) mass is 298 g/mol. The quantitative estimate of drug-likeness (QED) is 0.792. The van der Waals surface area contributed by atoms with Crippen molar-refractivity contribution in [2.24, 2.45) is 17.6 Å². The molecule has 0 bridgehead atoms. The first-order valence-corrected chi connectivity index (χ1v) is 6.67. The summed E-state index contributed by atoms with van der Waals surface area (Å²) in [6.45, 7) is 0.365. The van der Waals surface area contributed by atoms with E-state index in [1.54, 1.807) is 0 Å². The molecule has 0 saturated heterocycles. The standard InChI is InChI=1S/C14H16F2N2O3/c15-10-5-11(16)12(4-9(10)14(20)21)18-13(19)8-3-1-2-7(8)6-17/h4-5,7-8H,1-3,6,17H2,(H,18,19)(H,20,21). The van der Waals surface area contributed by atoms with Gasteiger partial charge in [-0.3, -0.25) is 4.79 Å². The average Bonchev–Trinajstić information content (AvgIpc) is 2.89. The Morgan fingerprint density at radius 1 is 1.29 bits per heavy atom. The van der Waals surface area contributed by atoms with Crippen LogP contribution < -0.4 is 11.1 Å². The van der Waals surface area contributed by atoms with E-state index in [1.165, 1.54) is 0 Å². The highest BCUT2D eigenvalue weighted by Crippen LogP contribution is 2.32. The van der Waals surface area contributed by atoms with Crippen molar-refractivity contribution in [2.75, 3.05) is 11.9 Å². The van der Waals surface area contributed by atoms with Crippen LogP contribution in [0.1, 0.15) is 29.6 Å². The van der Waals surface area contributed by atoms with Gasteiger partial charge in [0.05, 0.1) is 11.3 Å². The molecule has 0 radical (unpaired) electrons. The SMILES string of the molecule is NCC1CCCC1C(=O)Nc1cc(C(=O)O)c(F)cc1F. The molecule has 7 heteroatoms. The fraction of sp³-hybridized carbons (Fsp3) is 0.429. The van der Waals surface area contributed by atoms with Crippen molar-refractivity contribution in [3.8, 4) is 0 Å². The molecule has 1 aliphatic carbocycles. The lowest BCUT2D eigenvalue weighted by atomic mass is 9.95. The van der Waals surface area contributed by atoms with Gasteiger partial charge in [0.15, 0.2) is 0 Å². The van der Waals surface area contributed by atoms with Crippen LogP contribution in [0.3, 0.4) is 0 Å². The minimum atomic E-state index is -1.52. The number of nitrogens with two attached hydrogens (primary N) is 1. The van der Waals surface area contributed by atoms with Gasteiger partial charge in [-0.05, 0) is 31.4 Å². The number of hydrogen-bond acceptors (Lipinski definition) is 3. The first kappa shape index (κ1) is 15.4. The van der Waals surface area contributed by atoms with E-state index >= 15 is 0 Å². The molecule has 4 N–H and O–H groups in total. The Hall–Kier alpha value is -2.02. The summed E-state index contributed by atoms with van der Waals surface area (Å²) in [4.78, 5) is 23.0. The van der Waals surface area contributed by atoms with Gasteiger partial charge in [0.2, 0.25) is 5.91 Å². The molecule has 0 aliphatic heterocycles. The molecule has 5 nitrogen and oxygen atoms in total. The number of anilines is 1. The first-order valence-electron chi connectivity index (χ1n) is 6.67. The molecule has 2 rings (SSSR count). The van der Waals surface area contributed by atoms with Gasteiger partial charge in [0.25, 0.3) is 0 Å². The number of carboxylic acids is 1. The molecule has 0 aromatic heterocycles. The van der Waals surface area contributed by atoms with Gasteiger partial charge in [-0.15, -0.1) is 0 Å². The van der Waals surface area contributed by atoms with Crippen molar-refractivity contribution >= 4 is 17.6 Å². The Kier molecular flexibility index (Phi) is 4.52. The van der Waals surface area contributed by atoms with E-state index in [1.807, 2.05) is 0 Å². The van der Waals surface area contributed by atoms with Crippen molar-refractivity contribution in [1.29, 1.82) is 0 Å². The van der Waals surface area contributed by atoms with Crippen LogP contribution in [0.2, 0.25) is 0 Å². The summed E-state index contributed by atoms with van der Waals surface area (Å²) in [5.74, 6) is -4.42. The second-order valence-corrected chi connectivity index (χ2v) is 5.14. The van der Waals surface area contributed by atoms with Crippen LogP contribution in [0.25, 0.3) is 0 Å². The number of nitrogens with one attached hydrogen (secondary N) is 1. The van der Waals surface area contributed by atoms with E-state index in [0.717, 1.165) is 18.9 Å². The zero-order valence-corrected chi connectivity index (χ0v) is 11.2. The number of hydrogen-bond donors (Lipinski definition) is 3. The van der Waals surface area contributed by atoms with Crippen molar-refractivity contribution in [1.82, 2.24) is 0 Å². The maximum absolute atomic E-state index is 13.6. The average molecular weight is 298 g/mol. The van der Waals surface area contributed by atoms with Crippen LogP contribution in [0.15, 0.2) is 12.1 Å². The summed E-state index contributed by atoms with van der Waals surface area (Å²) < 4.78 is 26.9. The zero-order valence-electron chi connectivity index (χ0n) is 11.2. The topological polar surface area (TPSA) is 92.4 Å². The van der Waals surface area contributed by atoms with Crippen LogP contribution in [0, 0.1) is 23.5 Å². The molecule has 1 aliphatic rings. The van der Waals surface area contributed by atoms with E-state index < -0.39 is 29.1 Å². The Bertz CT molecular complexity index is 578. The molecule has 2 atom stereocenters. The maximum atomic E-state index is 13.6. The Morgan fingerprint density at radius 3 is 2.62 bits per heavy atom. The van der Waals surface area contributed by atoms with Crippen LogP contribution in [-0.4, -0.2) is 23.5 Å². The Labute approximate surface area is 120 Å². The third kappa shape index (κ3) is 3.18. The predicted molar refractivity (Wildman–Crippen MR) is 71.8 cm³/mol. The highest BCUT2D eigenvalue weighted by Gasteiger charge is 2.32. The summed E-state index contributed by atoms with van der Waals surface area (Å²) in [6, 6.07) is 1.24. The van der Waals surface area contributed by atoms with E-state index in [2.05, 4.69) is 5.32 Å². The lowest BCUT2D eigenvalue weighted by Crippen LogP contribution is -2.30. The summed E-state index contributed by atoms with van der Waals surface area (Å²) in [5, 5.41) is 11.2. The fourth-order valence-electron chi connectivity index (χ4n) is 2.70. The molecule has 1 saturated carbocycles. The van der Waals surface area contributed by atoms with Gasteiger partial charge in [-0.25, -0.2) is 13.6 Å². The number of aromatic carboxylic acids is 1. The number of amides is 1. The fourth-order valence-corrected chi connectivity index (χ4v) is 2.70. The number of benzene rings is 1. The van der Waals surface area contributed by atoms with Crippen molar-refractivity contribution in [2.45, 2.75) is 19.3 Å². The summed E-state index contributed by atoms with van der Waals surface area (Å²) in [6.07, 6.45) is 2.36. The highest BCUT2D eigenvalue weighted by atomic mass is 19.1. The number of carbonyl (C=O) groups excluding carboxylic acids is 1. The van der Waals surface area contributed by atoms with Crippen LogP contribution in [0.5, 0.6) is 0 Å². The number of rotatable bonds is 4. The van der Waals surface area contributed by atoms with Gasteiger partial charge in [-0.2, -0.15) is 0 Å². The Balaban J connectivity index is 2.21. The van der Waals surface area contributed by atoms with Crippen LogP contribution in [0.4, 0.5) is 14.5 Å². The minimum Gasteiger partial charge on any atom is -0.478 e. The second-order valence-electron chi connectivity index (χ2n) is 5.14. The molecule has 114 valence electrons. The maximum Gasteiger partial charge on any atom is 0.338 e. The number of halogens is 2. The smallest absolute Gasteiger partial charge is 0.338 e. The van der Waals surface area contributed by atoms with Gasteiger partial charge in [0.1, 0.15) is 11.6 Å². The molecule has 1 aromatic rings. The van der Waals surface area contributed by atoms with Gasteiger partial charge >= 0.3 is 5.97 Å². The molecule has 21 heavy (non-hydrogen) atoms. The van der Waals surface area contributed by atoms with Gasteiger partial charge in [0, 0.05) is 12.0 Å². The van der Waals surface area contributed by atoms with Crippen molar-refractivity contribution in [3.63, 3.8) is 0 Å². The third-order valence-corrected chi connectivity index (χ3v) is 3.84. The first-order chi connectivity index (χ1) is 9.93. The van der Waals surface area contributed by atoms with E-state index in [0.29, 0.717) is 19.0 Å². The molecule has 1 fully saturated rings. The highest BCUT2D eigenvalue weighted by molar-refractivity contribution is 5.95. The summed E-state index contributed by atoms with van der Waals surface area (Å²) in [5.41, 5.74) is 4.57. The number of carboxylic acid groups (broad SMARTS) is 1. The summed E-state index contributed by atoms with van der Waals surface area (Å²) >= 11 is 0. The van der Waals surface area contributed by atoms with Crippen LogP contribution in [-0.2, 0) is 4.79 Å². The van der Waals surface area contributed by atoms with Gasteiger partial charge < -0.3 is 16.2 Å².